The summed E-state index contributed by atoms with van der Waals surface area (Å²) in [5.74, 6) is 0. The van der Waals surface area contributed by atoms with E-state index in [4.69, 9.17) is 22.9 Å². The van der Waals surface area contributed by atoms with E-state index in [1.165, 1.54) is 25.5 Å². The van der Waals surface area contributed by atoms with E-state index in [1.54, 1.807) is 0 Å². The maximum Gasteiger partial charge on any atom is 0.394 e. The fraction of sp³-hybridized carbons (Fsp3) is 0.833. The van der Waals surface area contributed by atoms with Gasteiger partial charge in [0.25, 0.3) is 0 Å². The Kier molecular flexibility index (Phi) is 10.1. The highest BCUT2D eigenvalue weighted by molar-refractivity contribution is 7.79. The molecule has 0 fully saturated rings. The minimum Gasteiger partial charge on any atom is -0.313 e. The van der Waals surface area contributed by atoms with Gasteiger partial charge in [-0.05, 0) is 19.1 Å². The zero-order chi connectivity index (χ0) is 10.0. The van der Waals surface area contributed by atoms with Gasteiger partial charge >= 0.3 is 10.4 Å². The van der Waals surface area contributed by atoms with Crippen LogP contribution in [0.25, 0.3) is 0 Å². The fourth-order valence-corrected chi connectivity index (χ4v) is 0.496. The van der Waals surface area contributed by atoms with Gasteiger partial charge in [-0.15, -0.1) is 0 Å². The van der Waals surface area contributed by atoms with E-state index in [-0.39, 0.29) is 0 Å². The molecule has 0 bridgehead atoms. The molecular formula is C6H15NO4S. The van der Waals surface area contributed by atoms with Gasteiger partial charge in [-0.2, -0.15) is 8.42 Å². The second-order valence-electron chi connectivity index (χ2n) is 2.15. The fourth-order valence-electron chi connectivity index (χ4n) is 0.496. The molecule has 74 valence electrons. The van der Waals surface area contributed by atoms with Crippen LogP contribution in [0.15, 0.2) is 0 Å². The summed E-state index contributed by atoms with van der Waals surface area (Å²) in [6.45, 7) is 2.17. The highest BCUT2D eigenvalue weighted by Crippen LogP contribution is 1.94. The highest BCUT2D eigenvalue weighted by atomic mass is 32.3. The lowest BCUT2D eigenvalue weighted by Crippen LogP contribution is -1.89. The second-order valence-corrected chi connectivity index (χ2v) is 3.04. The number of hydrogen-bond donors (Lipinski definition) is 3. The lowest BCUT2D eigenvalue weighted by Gasteiger charge is -1.87. The summed E-state index contributed by atoms with van der Waals surface area (Å²) in [7, 11) is -4.67. The summed E-state index contributed by atoms with van der Waals surface area (Å²) in [5.41, 5.74) is 0. The largest absolute Gasteiger partial charge is 0.394 e. The predicted octanol–water partition coefficient (Wildman–Crippen LogP) is 1.56. The molecule has 0 aliphatic rings. The van der Waals surface area contributed by atoms with Crippen LogP contribution in [-0.4, -0.2) is 23.7 Å². The molecule has 0 aromatic rings. The molecule has 0 saturated carbocycles. The minimum atomic E-state index is -4.67. The van der Waals surface area contributed by atoms with Crippen molar-refractivity contribution in [2.75, 3.05) is 0 Å². The first-order chi connectivity index (χ1) is 5.41. The zero-order valence-corrected chi connectivity index (χ0v) is 7.84. The lowest BCUT2D eigenvalue weighted by atomic mass is 10.2. The predicted molar refractivity (Wildman–Crippen MR) is 47.1 cm³/mol. The third kappa shape index (κ3) is 55.5. The Morgan fingerprint density at radius 2 is 1.75 bits per heavy atom. The van der Waals surface area contributed by atoms with Crippen LogP contribution in [0.3, 0.4) is 0 Å². The van der Waals surface area contributed by atoms with Crippen molar-refractivity contribution in [2.45, 2.75) is 32.6 Å². The zero-order valence-electron chi connectivity index (χ0n) is 7.02. The van der Waals surface area contributed by atoms with Crippen LogP contribution in [0, 0.1) is 5.41 Å². The molecule has 0 heterocycles. The molecule has 0 radical (unpaired) electrons. The van der Waals surface area contributed by atoms with Crippen molar-refractivity contribution in [2.24, 2.45) is 0 Å². The molecule has 12 heavy (non-hydrogen) atoms. The van der Waals surface area contributed by atoms with Gasteiger partial charge in [-0.25, -0.2) is 0 Å². The summed E-state index contributed by atoms with van der Waals surface area (Å²) in [5, 5.41) is 6.66. The highest BCUT2D eigenvalue weighted by Gasteiger charge is 1.84. The molecule has 0 aliphatic carbocycles. The Balaban J connectivity index is 0. The van der Waals surface area contributed by atoms with Gasteiger partial charge in [-0.3, -0.25) is 9.11 Å². The molecular weight excluding hydrogens is 182 g/mol. The standard InChI is InChI=1S/C6H13N.H2O4S/c1-2-3-4-5-6-7;1-5(2,3)4/h6-7H,2-5H2,1H3;(H2,1,2,3,4). The van der Waals surface area contributed by atoms with Crippen LogP contribution < -0.4 is 0 Å². The van der Waals surface area contributed by atoms with Gasteiger partial charge in [0.1, 0.15) is 0 Å². The maximum atomic E-state index is 8.74. The number of nitrogens with one attached hydrogen (secondary N) is 1. The number of hydrogen-bond acceptors (Lipinski definition) is 3. The molecule has 0 aliphatic heterocycles. The Bertz CT molecular complexity index is 180. The molecule has 3 N–H and O–H groups in total. The van der Waals surface area contributed by atoms with E-state index in [9.17, 15) is 0 Å². The van der Waals surface area contributed by atoms with Gasteiger partial charge in [0.15, 0.2) is 0 Å². The second kappa shape index (κ2) is 8.63. The molecule has 0 amide bonds. The molecule has 0 aromatic carbocycles. The molecule has 0 spiro atoms. The molecule has 0 saturated heterocycles. The first-order valence-corrected chi connectivity index (χ1v) is 5.00. The normalized spacial score (nSPS) is 9.92. The van der Waals surface area contributed by atoms with Crippen LogP contribution >= 0.6 is 0 Å². The van der Waals surface area contributed by atoms with Crippen molar-refractivity contribution in [1.29, 1.82) is 5.41 Å². The minimum absolute atomic E-state index is 0.966. The third-order valence-corrected chi connectivity index (χ3v) is 0.952. The van der Waals surface area contributed by atoms with Crippen molar-refractivity contribution >= 4 is 16.6 Å². The number of unbranched alkanes of at least 4 members (excludes halogenated alkanes) is 3. The quantitative estimate of drug-likeness (QED) is 0.362. The average Bonchev–Trinajstić information content (AvgIpc) is 1.85. The van der Waals surface area contributed by atoms with Gasteiger partial charge in [-0.1, -0.05) is 19.8 Å². The summed E-state index contributed by atoms with van der Waals surface area (Å²) < 4.78 is 31.6. The SMILES string of the molecule is CCCCCC=N.O=S(=O)(O)O. The molecule has 0 aromatic heterocycles. The van der Waals surface area contributed by atoms with E-state index in [1.807, 2.05) is 0 Å². The molecule has 6 heteroatoms. The Morgan fingerprint density at radius 1 is 1.33 bits per heavy atom. The molecule has 0 atom stereocenters. The van der Waals surface area contributed by atoms with Gasteiger partial charge < -0.3 is 5.41 Å². The topological polar surface area (TPSA) is 98.5 Å². The van der Waals surface area contributed by atoms with E-state index < -0.39 is 10.4 Å². The smallest absolute Gasteiger partial charge is 0.313 e. The summed E-state index contributed by atoms with van der Waals surface area (Å²) in [6, 6.07) is 0. The van der Waals surface area contributed by atoms with Gasteiger partial charge in [0.05, 0.1) is 0 Å². The van der Waals surface area contributed by atoms with Crippen LogP contribution in [0.4, 0.5) is 0 Å². The van der Waals surface area contributed by atoms with E-state index >= 15 is 0 Å². The summed E-state index contributed by atoms with van der Waals surface area (Å²) in [6.07, 6.45) is 6.17. The van der Waals surface area contributed by atoms with Crippen molar-refractivity contribution in [3.05, 3.63) is 0 Å². The number of rotatable bonds is 4. The molecule has 5 nitrogen and oxygen atoms in total. The average molecular weight is 197 g/mol. The monoisotopic (exact) mass is 197 g/mol. The molecule has 0 unspecified atom stereocenters. The van der Waals surface area contributed by atoms with Crippen molar-refractivity contribution < 1.29 is 17.5 Å². The van der Waals surface area contributed by atoms with Crippen LogP contribution in [0.2, 0.25) is 0 Å². The van der Waals surface area contributed by atoms with E-state index in [0.717, 1.165) is 6.42 Å². The Hall–Kier alpha value is -0.460. The van der Waals surface area contributed by atoms with E-state index in [0.29, 0.717) is 0 Å². The van der Waals surface area contributed by atoms with Gasteiger partial charge in [0, 0.05) is 0 Å². The first kappa shape index (κ1) is 14.1. The van der Waals surface area contributed by atoms with Gasteiger partial charge in [0.2, 0.25) is 0 Å². The van der Waals surface area contributed by atoms with Crippen LogP contribution in [0.5, 0.6) is 0 Å². The third-order valence-electron chi connectivity index (χ3n) is 0.952. The van der Waals surface area contributed by atoms with E-state index in [2.05, 4.69) is 6.92 Å². The Morgan fingerprint density at radius 3 is 2.00 bits per heavy atom. The van der Waals surface area contributed by atoms with Crippen LogP contribution in [-0.2, 0) is 10.4 Å². The maximum absolute atomic E-state index is 8.74. The van der Waals surface area contributed by atoms with Crippen LogP contribution in [0.1, 0.15) is 32.6 Å². The first-order valence-electron chi connectivity index (χ1n) is 3.60. The lowest BCUT2D eigenvalue weighted by molar-refractivity contribution is 0.381. The summed E-state index contributed by atoms with van der Waals surface area (Å²) in [4.78, 5) is 0. The van der Waals surface area contributed by atoms with Crippen molar-refractivity contribution in [3.8, 4) is 0 Å². The molecule has 0 rings (SSSR count). The Labute approximate surface area is 72.9 Å². The van der Waals surface area contributed by atoms with Crippen molar-refractivity contribution in [1.82, 2.24) is 0 Å². The van der Waals surface area contributed by atoms with Crippen molar-refractivity contribution in [3.63, 3.8) is 0 Å². The summed E-state index contributed by atoms with van der Waals surface area (Å²) >= 11 is 0.